The van der Waals surface area contributed by atoms with Crippen molar-refractivity contribution in [3.8, 4) is 11.8 Å². The van der Waals surface area contributed by atoms with Crippen LogP contribution in [-0.2, 0) is 0 Å². The minimum absolute atomic E-state index is 0.0138. The number of carbonyl (C=O) groups is 1. The maximum Gasteiger partial charge on any atom is 0.261 e. The smallest absolute Gasteiger partial charge is 0.261 e. The van der Waals surface area contributed by atoms with Crippen molar-refractivity contribution in [3.05, 3.63) is 21.9 Å². The van der Waals surface area contributed by atoms with Gasteiger partial charge in [-0.25, -0.2) is 0 Å². The summed E-state index contributed by atoms with van der Waals surface area (Å²) in [6.07, 6.45) is 6.41. The van der Waals surface area contributed by atoms with Gasteiger partial charge in [0.1, 0.15) is 6.61 Å². The van der Waals surface area contributed by atoms with E-state index in [4.69, 9.17) is 5.11 Å². The van der Waals surface area contributed by atoms with Crippen LogP contribution in [0.4, 0.5) is 0 Å². The van der Waals surface area contributed by atoms with Crippen LogP contribution in [0.2, 0.25) is 0 Å². The first-order valence-electron chi connectivity index (χ1n) is 6.77. The largest absolute Gasteiger partial charge is 0.384 e. The molecule has 19 heavy (non-hydrogen) atoms. The van der Waals surface area contributed by atoms with Gasteiger partial charge < -0.3 is 10.4 Å². The number of hydrogen-bond acceptors (Lipinski definition) is 3. The summed E-state index contributed by atoms with van der Waals surface area (Å²) in [6, 6.07) is 3.61. The summed E-state index contributed by atoms with van der Waals surface area (Å²) in [5.74, 6) is 6.18. The first kappa shape index (κ1) is 14.1. The fourth-order valence-electron chi connectivity index (χ4n) is 2.43. The number of aliphatic hydroxyl groups is 1. The van der Waals surface area contributed by atoms with Gasteiger partial charge in [0, 0.05) is 6.54 Å². The zero-order chi connectivity index (χ0) is 13.5. The Bertz CT molecular complexity index is 478. The zero-order valence-electron chi connectivity index (χ0n) is 10.9. The van der Waals surface area contributed by atoms with Crippen molar-refractivity contribution in [3.63, 3.8) is 0 Å². The zero-order valence-corrected chi connectivity index (χ0v) is 11.8. The summed E-state index contributed by atoms with van der Waals surface area (Å²) in [7, 11) is 0. The molecule has 1 aromatic heterocycles. The van der Waals surface area contributed by atoms with Crippen molar-refractivity contribution >= 4 is 17.2 Å². The van der Waals surface area contributed by atoms with Crippen LogP contribution in [0.15, 0.2) is 12.1 Å². The predicted molar refractivity (Wildman–Crippen MR) is 77.2 cm³/mol. The van der Waals surface area contributed by atoms with Gasteiger partial charge in [-0.1, -0.05) is 37.5 Å². The molecule has 1 aromatic rings. The highest BCUT2D eigenvalue weighted by atomic mass is 32.1. The Balaban J connectivity index is 1.77. The van der Waals surface area contributed by atoms with Crippen molar-refractivity contribution < 1.29 is 9.90 Å². The topological polar surface area (TPSA) is 49.3 Å². The maximum atomic E-state index is 11.9. The monoisotopic (exact) mass is 277 g/mol. The molecule has 0 unspecified atom stereocenters. The Morgan fingerprint density at radius 1 is 1.42 bits per heavy atom. The average Bonchev–Trinajstić information content (AvgIpc) is 3.07. The summed E-state index contributed by atoms with van der Waals surface area (Å²) >= 11 is 1.37. The summed E-state index contributed by atoms with van der Waals surface area (Å²) in [5, 5.41) is 11.6. The van der Waals surface area contributed by atoms with Gasteiger partial charge >= 0.3 is 0 Å². The number of amides is 1. The van der Waals surface area contributed by atoms with Gasteiger partial charge in [-0.3, -0.25) is 4.79 Å². The molecule has 1 amide bonds. The van der Waals surface area contributed by atoms with Crippen molar-refractivity contribution in [2.45, 2.75) is 32.1 Å². The van der Waals surface area contributed by atoms with Gasteiger partial charge in [0.2, 0.25) is 0 Å². The molecule has 0 saturated heterocycles. The second-order valence-electron chi connectivity index (χ2n) is 4.82. The lowest BCUT2D eigenvalue weighted by atomic mass is 10.0. The Labute approximate surface area is 118 Å². The van der Waals surface area contributed by atoms with Gasteiger partial charge in [-0.15, -0.1) is 11.3 Å². The Hall–Kier alpha value is -1.31. The second kappa shape index (κ2) is 7.32. The fourth-order valence-corrected chi connectivity index (χ4v) is 3.23. The molecule has 1 heterocycles. The van der Waals surface area contributed by atoms with Crippen molar-refractivity contribution in [1.82, 2.24) is 5.32 Å². The standard InChI is InChI=1S/C15H19NO2S/c17-11-3-6-13-7-8-14(19-13)15(18)16-10-9-12-4-1-2-5-12/h7-8,12,17H,1-2,4-5,9-11H2,(H,16,18). The lowest BCUT2D eigenvalue weighted by molar-refractivity contribution is 0.0955. The van der Waals surface area contributed by atoms with Gasteiger partial charge in [0.05, 0.1) is 9.75 Å². The number of hydrogen-bond donors (Lipinski definition) is 2. The van der Waals surface area contributed by atoms with Crippen LogP contribution in [0, 0.1) is 17.8 Å². The highest BCUT2D eigenvalue weighted by Crippen LogP contribution is 2.27. The Morgan fingerprint density at radius 3 is 2.95 bits per heavy atom. The molecule has 4 heteroatoms. The molecule has 0 spiro atoms. The Kier molecular flexibility index (Phi) is 5.44. The summed E-state index contributed by atoms with van der Waals surface area (Å²) in [4.78, 5) is 13.4. The van der Waals surface area contributed by atoms with Gasteiger partial charge in [-0.05, 0) is 24.5 Å². The van der Waals surface area contributed by atoms with E-state index in [1.807, 2.05) is 6.07 Å². The lowest BCUT2D eigenvalue weighted by Gasteiger charge is -2.08. The molecular weight excluding hydrogens is 258 g/mol. The van der Waals surface area contributed by atoms with Crippen LogP contribution in [0.3, 0.4) is 0 Å². The minimum Gasteiger partial charge on any atom is -0.384 e. The molecule has 0 bridgehead atoms. The molecule has 0 aliphatic heterocycles. The molecular formula is C15H19NO2S. The number of aliphatic hydroxyl groups excluding tert-OH is 1. The molecule has 0 radical (unpaired) electrons. The van der Waals surface area contributed by atoms with Crippen LogP contribution < -0.4 is 5.32 Å². The molecule has 1 aliphatic carbocycles. The first-order valence-corrected chi connectivity index (χ1v) is 7.59. The van der Waals surface area contributed by atoms with E-state index in [0.717, 1.165) is 23.8 Å². The first-order chi connectivity index (χ1) is 9.29. The second-order valence-corrected chi connectivity index (χ2v) is 5.90. The fraction of sp³-hybridized carbons (Fsp3) is 0.533. The van der Waals surface area contributed by atoms with Crippen LogP contribution in [0.1, 0.15) is 46.7 Å². The van der Waals surface area contributed by atoms with E-state index in [1.165, 1.54) is 37.0 Å². The molecule has 0 aromatic carbocycles. The highest BCUT2D eigenvalue weighted by Gasteiger charge is 2.15. The van der Waals surface area contributed by atoms with Gasteiger partial charge in [0.25, 0.3) is 5.91 Å². The maximum absolute atomic E-state index is 11.9. The lowest BCUT2D eigenvalue weighted by Crippen LogP contribution is -2.24. The molecule has 1 fully saturated rings. The molecule has 102 valence electrons. The van der Waals surface area contributed by atoms with E-state index in [2.05, 4.69) is 17.2 Å². The van der Waals surface area contributed by atoms with Crippen molar-refractivity contribution in [1.29, 1.82) is 0 Å². The van der Waals surface area contributed by atoms with E-state index >= 15 is 0 Å². The van der Waals surface area contributed by atoms with Gasteiger partial charge in [-0.2, -0.15) is 0 Å². The number of carbonyl (C=O) groups excluding carboxylic acids is 1. The van der Waals surface area contributed by atoms with Crippen LogP contribution >= 0.6 is 11.3 Å². The van der Waals surface area contributed by atoms with E-state index in [0.29, 0.717) is 4.88 Å². The van der Waals surface area contributed by atoms with Crippen LogP contribution in [0.25, 0.3) is 0 Å². The van der Waals surface area contributed by atoms with E-state index in [1.54, 1.807) is 6.07 Å². The third-order valence-corrected chi connectivity index (χ3v) is 4.43. The summed E-state index contributed by atoms with van der Waals surface area (Å²) < 4.78 is 0. The van der Waals surface area contributed by atoms with Crippen LogP contribution in [0.5, 0.6) is 0 Å². The van der Waals surface area contributed by atoms with E-state index in [9.17, 15) is 4.79 Å². The molecule has 0 atom stereocenters. The van der Waals surface area contributed by atoms with E-state index in [-0.39, 0.29) is 12.5 Å². The van der Waals surface area contributed by atoms with E-state index < -0.39 is 0 Å². The molecule has 1 aliphatic rings. The molecule has 1 saturated carbocycles. The number of nitrogens with one attached hydrogen (secondary N) is 1. The predicted octanol–water partition coefficient (Wildman–Crippen LogP) is 2.40. The van der Waals surface area contributed by atoms with Crippen LogP contribution in [-0.4, -0.2) is 24.2 Å². The average molecular weight is 277 g/mol. The quantitative estimate of drug-likeness (QED) is 0.830. The third kappa shape index (κ3) is 4.38. The summed E-state index contributed by atoms with van der Waals surface area (Å²) in [5.41, 5.74) is 0. The van der Waals surface area contributed by atoms with Crippen molar-refractivity contribution in [2.75, 3.05) is 13.2 Å². The number of rotatable bonds is 4. The summed E-state index contributed by atoms with van der Waals surface area (Å²) in [6.45, 7) is 0.611. The highest BCUT2D eigenvalue weighted by molar-refractivity contribution is 7.14. The molecule has 2 N–H and O–H groups in total. The Morgan fingerprint density at radius 2 is 2.21 bits per heavy atom. The third-order valence-electron chi connectivity index (χ3n) is 3.43. The normalized spacial score (nSPS) is 15.0. The molecule has 3 nitrogen and oxygen atoms in total. The minimum atomic E-state index is -0.152. The van der Waals surface area contributed by atoms with Gasteiger partial charge in [0.15, 0.2) is 0 Å². The van der Waals surface area contributed by atoms with Crippen molar-refractivity contribution in [2.24, 2.45) is 5.92 Å². The molecule has 2 rings (SSSR count). The SMILES string of the molecule is O=C(NCCC1CCCC1)c1ccc(C#CCO)s1. The number of thiophene rings is 1.